The van der Waals surface area contributed by atoms with Crippen LogP contribution in [-0.4, -0.2) is 26.3 Å². The van der Waals surface area contributed by atoms with E-state index in [0.717, 1.165) is 0 Å². The Hall–Kier alpha value is -1.51. The predicted molar refractivity (Wildman–Crippen MR) is 38.6 cm³/mol. The van der Waals surface area contributed by atoms with Crippen molar-refractivity contribution in [3.8, 4) is 6.07 Å². The number of nitriles is 1. The van der Waals surface area contributed by atoms with Crippen LogP contribution in [0.3, 0.4) is 0 Å². The summed E-state index contributed by atoms with van der Waals surface area (Å²) in [7, 11) is 0. The average molecular weight is 165 g/mol. The molecule has 2 N–H and O–H groups in total. The number of nitrogens with zero attached hydrogens (tertiary/aromatic N) is 3. The molecule has 0 aliphatic carbocycles. The van der Waals surface area contributed by atoms with Crippen molar-refractivity contribution in [1.82, 2.24) is 9.97 Å². The second kappa shape index (κ2) is 3.76. The molecule has 5 heteroatoms. The van der Waals surface area contributed by atoms with Gasteiger partial charge in [0.2, 0.25) is 0 Å². The van der Waals surface area contributed by atoms with E-state index in [4.69, 9.17) is 10.4 Å². The van der Waals surface area contributed by atoms with Crippen LogP contribution in [0.15, 0.2) is 18.7 Å². The number of aromatic nitrogens is 2. The van der Waals surface area contributed by atoms with Gasteiger partial charge in [-0.15, -0.1) is 0 Å². The molecule has 0 bridgehead atoms. The molecule has 0 saturated carbocycles. The van der Waals surface area contributed by atoms with E-state index in [1.807, 2.05) is 0 Å². The molecular formula is C7H7N3O2. The van der Waals surface area contributed by atoms with Crippen LogP contribution in [0, 0.1) is 11.3 Å². The van der Waals surface area contributed by atoms with Crippen LogP contribution in [0.2, 0.25) is 0 Å². The fourth-order valence-corrected chi connectivity index (χ4v) is 0.716. The van der Waals surface area contributed by atoms with Crippen LogP contribution in [0.1, 0.15) is 11.7 Å². The van der Waals surface area contributed by atoms with Crippen LogP contribution in [0.5, 0.6) is 0 Å². The Morgan fingerprint density at radius 3 is 2.42 bits per heavy atom. The second-order valence-corrected chi connectivity index (χ2v) is 2.19. The molecule has 0 fully saturated rings. The summed E-state index contributed by atoms with van der Waals surface area (Å²) in [6.45, 7) is 0. The third kappa shape index (κ3) is 1.75. The summed E-state index contributed by atoms with van der Waals surface area (Å²) in [4.78, 5) is 7.26. The van der Waals surface area contributed by atoms with Crippen molar-refractivity contribution >= 4 is 0 Å². The van der Waals surface area contributed by atoms with Gasteiger partial charge in [0, 0.05) is 18.0 Å². The zero-order chi connectivity index (χ0) is 8.97. The van der Waals surface area contributed by atoms with Crippen molar-refractivity contribution in [2.45, 2.75) is 12.2 Å². The topological polar surface area (TPSA) is 90.0 Å². The van der Waals surface area contributed by atoms with Gasteiger partial charge in [-0.3, -0.25) is 0 Å². The fourth-order valence-electron chi connectivity index (χ4n) is 0.716. The van der Waals surface area contributed by atoms with Crippen molar-refractivity contribution in [2.75, 3.05) is 0 Å². The molecule has 0 saturated heterocycles. The Kier molecular flexibility index (Phi) is 2.69. The maximum Gasteiger partial charge on any atom is 0.170 e. The highest BCUT2D eigenvalue weighted by atomic mass is 16.3. The number of hydrogen-bond acceptors (Lipinski definition) is 5. The summed E-state index contributed by atoms with van der Waals surface area (Å²) in [5.41, 5.74) is 0.326. The predicted octanol–water partition coefficient (Wildman–Crippen LogP) is -0.606. The molecule has 1 rings (SSSR count). The second-order valence-electron chi connectivity index (χ2n) is 2.19. The molecule has 1 heterocycles. The quantitative estimate of drug-likeness (QED) is 0.571. The van der Waals surface area contributed by atoms with Crippen molar-refractivity contribution in [1.29, 1.82) is 5.26 Å². The monoisotopic (exact) mass is 165 g/mol. The summed E-state index contributed by atoms with van der Waals surface area (Å²) >= 11 is 0. The van der Waals surface area contributed by atoms with E-state index < -0.39 is 12.2 Å². The van der Waals surface area contributed by atoms with E-state index in [0.29, 0.717) is 5.56 Å². The molecule has 0 amide bonds. The van der Waals surface area contributed by atoms with Crippen molar-refractivity contribution < 1.29 is 10.2 Å². The van der Waals surface area contributed by atoms with Gasteiger partial charge in [-0.25, -0.2) is 9.97 Å². The van der Waals surface area contributed by atoms with Gasteiger partial charge in [-0.1, -0.05) is 0 Å². The average Bonchev–Trinajstić information content (AvgIpc) is 2.17. The molecule has 0 aromatic carbocycles. The normalized spacial score (nSPS) is 14.8. The zero-order valence-electron chi connectivity index (χ0n) is 6.12. The molecule has 2 atom stereocenters. The van der Waals surface area contributed by atoms with Crippen LogP contribution >= 0.6 is 0 Å². The Labute approximate surface area is 68.9 Å². The van der Waals surface area contributed by atoms with Gasteiger partial charge in [0.25, 0.3) is 0 Å². The molecule has 0 spiro atoms. The van der Waals surface area contributed by atoms with Gasteiger partial charge in [0.15, 0.2) is 6.10 Å². The lowest BCUT2D eigenvalue weighted by Crippen LogP contribution is -2.15. The first-order valence-electron chi connectivity index (χ1n) is 3.26. The minimum Gasteiger partial charge on any atom is -0.384 e. The molecule has 5 nitrogen and oxygen atoms in total. The summed E-state index contributed by atoms with van der Waals surface area (Å²) in [6, 6.07) is 1.51. The van der Waals surface area contributed by atoms with Crippen LogP contribution in [0.4, 0.5) is 0 Å². The summed E-state index contributed by atoms with van der Waals surface area (Å²) < 4.78 is 0. The van der Waals surface area contributed by atoms with Crippen molar-refractivity contribution in [3.05, 3.63) is 24.3 Å². The van der Waals surface area contributed by atoms with E-state index in [1.165, 1.54) is 24.8 Å². The molecule has 0 aliphatic rings. The third-order valence-corrected chi connectivity index (χ3v) is 1.35. The van der Waals surface area contributed by atoms with Crippen molar-refractivity contribution in [2.24, 2.45) is 0 Å². The molecule has 62 valence electrons. The molecule has 12 heavy (non-hydrogen) atoms. The first kappa shape index (κ1) is 8.59. The zero-order valence-corrected chi connectivity index (χ0v) is 6.12. The Morgan fingerprint density at radius 1 is 1.33 bits per heavy atom. The Morgan fingerprint density at radius 2 is 1.92 bits per heavy atom. The fraction of sp³-hybridized carbons (Fsp3) is 0.286. The largest absolute Gasteiger partial charge is 0.384 e. The lowest BCUT2D eigenvalue weighted by molar-refractivity contribution is 0.0523. The molecule has 0 aliphatic heterocycles. The SMILES string of the molecule is N#CC(O)C(O)c1cncnc1. The molecule has 0 radical (unpaired) electrons. The summed E-state index contributed by atoms with van der Waals surface area (Å²) in [5, 5.41) is 26.4. The maximum absolute atomic E-state index is 9.24. The number of aliphatic hydroxyl groups is 2. The lowest BCUT2D eigenvalue weighted by atomic mass is 10.1. The Balaban J connectivity index is 2.80. The first-order chi connectivity index (χ1) is 5.75. The highest BCUT2D eigenvalue weighted by Gasteiger charge is 2.17. The van der Waals surface area contributed by atoms with E-state index in [9.17, 15) is 5.11 Å². The van der Waals surface area contributed by atoms with Crippen LogP contribution in [0.25, 0.3) is 0 Å². The minimum absolute atomic E-state index is 0.326. The Bertz CT molecular complexity index is 282. The molecule has 2 unspecified atom stereocenters. The number of aliphatic hydroxyl groups excluding tert-OH is 2. The van der Waals surface area contributed by atoms with Gasteiger partial charge in [0.05, 0.1) is 6.07 Å². The number of hydrogen-bond donors (Lipinski definition) is 2. The minimum atomic E-state index is -1.43. The molecule has 1 aromatic rings. The van der Waals surface area contributed by atoms with Gasteiger partial charge in [-0.05, 0) is 0 Å². The van der Waals surface area contributed by atoms with E-state index in [-0.39, 0.29) is 0 Å². The van der Waals surface area contributed by atoms with Gasteiger partial charge < -0.3 is 10.2 Å². The van der Waals surface area contributed by atoms with Gasteiger partial charge in [-0.2, -0.15) is 5.26 Å². The lowest BCUT2D eigenvalue weighted by Gasteiger charge is -2.09. The first-order valence-corrected chi connectivity index (χ1v) is 3.26. The van der Waals surface area contributed by atoms with E-state index in [2.05, 4.69) is 9.97 Å². The molecular weight excluding hydrogens is 158 g/mol. The summed E-state index contributed by atoms with van der Waals surface area (Å²) in [6.07, 6.45) is 1.32. The highest BCUT2D eigenvalue weighted by Crippen LogP contribution is 2.13. The maximum atomic E-state index is 9.24. The van der Waals surface area contributed by atoms with Gasteiger partial charge in [0.1, 0.15) is 12.4 Å². The van der Waals surface area contributed by atoms with Crippen LogP contribution < -0.4 is 0 Å². The van der Waals surface area contributed by atoms with Crippen LogP contribution in [-0.2, 0) is 0 Å². The standard InChI is InChI=1S/C7H7N3O2/c8-1-6(11)7(12)5-2-9-4-10-3-5/h2-4,6-7,11-12H. The highest BCUT2D eigenvalue weighted by molar-refractivity contribution is 5.11. The summed E-state index contributed by atoms with van der Waals surface area (Å²) in [5.74, 6) is 0. The molecule has 1 aromatic heterocycles. The van der Waals surface area contributed by atoms with E-state index >= 15 is 0 Å². The third-order valence-electron chi connectivity index (χ3n) is 1.35. The van der Waals surface area contributed by atoms with Gasteiger partial charge >= 0.3 is 0 Å². The number of rotatable bonds is 2. The van der Waals surface area contributed by atoms with Crippen molar-refractivity contribution in [3.63, 3.8) is 0 Å². The van der Waals surface area contributed by atoms with E-state index in [1.54, 1.807) is 0 Å². The smallest absolute Gasteiger partial charge is 0.170 e.